The van der Waals surface area contributed by atoms with E-state index in [4.69, 9.17) is 4.74 Å². The van der Waals surface area contributed by atoms with Crippen LogP contribution in [0.2, 0.25) is 0 Å². The molecule has 0 radical (unpaired) electrons. The second-order valence-electron chi connectivity index (χ2n) is 7.66. The molecule has 2 N–H and O–H groups in total. The van der Waals surface area contributed by atoms with E-state index in [2.05, 4.69) is 22.4 Å². The Kier molecular flexibility index (Phi) is 6.03. The number of ether oxygens (including phenoxy) is 1. The van der Waals surface area contributed by atoms with Crippen LogP contribution in [0.3, 0.4) is 0 Å². The highest BCUT2D eigenvalue weighted by atomic mass is 32.1. The molecule has 1 unspecified atom stereocenters. The van der Waals surface area contributed by atoms with Gasteiger partial charge in [-0.25, -0.2) is 10.4 Å². The zero-order valence-corrected chi connectivity index (χ0v) is 18.2. The molecule has 8 nitrogen and oxygen atoms in total. The van der Waals surface area contributed by atoms with Gasteiger partial charge in [-0.1, -0.05) is 6.92 Å². The van der Waals surface area contributed by atoms with E-state index in [-0.39, 0.29) is 17.9 Å². The second kappa shape index (κ2) is 8.89. The molecule has 0 fully saturated rings. The number of hydrogen-bond acceptors (Lipinski definition) is 7. The third-order valence-electron chi connectivity index (χ3n) is 5.28. The number of hydrogen-bond donors (Lipinski definition) is 2. The van der Waals surface area contributed by atoms with E-state index in [0.29, 0.717) is 29.2 Å². The van der Waals surface area contributed by atoms with Crippen molar-refractivity contribution in [3.63, 3.8) is 0 Å². The van der Waals surface area contributed by atoms with Crippen molar-refractivity contribution >= 4 is 33.7 Å². The molecule has 1 amide bonds. The minimum atomic E-state index is -0.430. The number of hydrazone groups is 1. The number of phenolic OH excluding ortho intramolecular Hbond substituents is 1. The van der Waals surface area contributed by atoms with Crippen LogP contribution in [-0.4, -0.2) is 33.4 Å². The number of nitrogens with one attached hydrogen (secondary N) is 1. The van der Waals surface area contributed by atoms with Crippen LogP contribution in [0.15, 0.2) is 34.4 Å². The SMILES string of the molecule is CCOc1cc(/C=N/NC(=O)Cn2cnc3sc4c(c3c2=O)CCC(C)C4)ccc1O. The van der Waals surface area contributed by atoms with Crippen molar-refractivity contribution in [2.24, 2.45) is 11.0 Å². The van der Waals surface area contributed by atoms with Crippen LogP contribution in [0.25, 0.3) is 10.2 Å². The molecular weight excluding hydrogens is 416 g/mol. The van der Waals surface area contributed by atoms with Gasteiger partial charge in [0.15, 0.2) is 11.5 Å². The number of aryl methyl sites for hydroxylation is 1. The van der Waals surface area contributed by atoms with E-state index >= 15 is 0 Å². The first-order valence-electron chi connectivity index (χ1n) is 10.2. The van der Waals surface area contributed by atoms with E-state index in [1.807, 2.05) is 6.92 Å². The van der Waals surface area contributed by atoms with Gasteiger partial charge in [0.2, 0.25) is 0 Å². The summed E-state index contributed by atoms with van der Waals surface area (Å²) in [7, 11) is 0. The standard InChI is InChI=1S/C22H24N4O4S/c1-3-30-17-9-14(5-7-16(17)27)10-24-25-19(28)11-26-12-23-21-20(22(26)29)15-6-4-13(2)8-18(15)31-21/h5,7,9-10,12-13,27H,3-4,6,8,11H2,1-2H3,(H,25,28)/b24-10+. The van der Waals surface area contributed by atoms with Gasteiger partial charge < -0.3 is 9.84 Å². The van der Waals surface area contributed by atoms with Crippen LogP contribution in [0.5, 0.6) is 11.5 Å². The lowest BCUT2D eigenvalue weighted by Crippen LogP contribution is -2.30. The van der Waals surface area contributed by atoms with Gasteiger partial charge in [-0.3, -0.25) is 14.2 Å². The van der Waals surface area contributed by atoms with Crippen molar-refractivity contribution in [1.29, 1.82) is 0 Å². The number of carbonyl (C=O) groups excluding carboxylic acids is 1. The highest BCUT2D eigenvalue weighted by Crippen LogP contribution is 2.35. The van der Waals surface area contributed by atoms with Crippen LogP contribution in [0.1, 0.15) is 36.3 Å². The molecular formula is C22H24N4O4S. The van der Waals surface area contributed by atoms with E-state index < -0.39 is 5.91 Å². The topological polar surface area (TPSA) is 106 Å². The summed E-state index contributed by atoms with van der Waals surface area (Å²) in [6.07, 6.45) is 5.79. The van der Waals surface area contributed by atoms with Gasteiger partial charge in [-0.05, 0) is 61.4 Å². The summed E-state index contributed by atoms with van der Waals surface area (Å²) in [6, 6.07) is 4.77. The fourth-order valence-electron chi connectivity index (χ4n) is 3.73. The number of phenols is 1. The van der Waals surface area contributed by atoms with Gasteiger partial charge in [0.05, 0.1) is 24.5 Å². The fraction of sp³-hybridized carbons (Fsp3) is 0.364. The number of carbonyl (C=O) groups is 1. The molecule has 0 aliphatic heterocycles. The van der Waals surface area contributed by atoms with Crippen LogP contribution < -0.4 is 15.7 Å². The lowest BCUT2D eigenvalue weighted by atomic mass is 9.89. The third kappa shape index (κ3) is 4.46. The maximum atomic E-state index is 13.0. The summed E-state index contributed by atoms with van der Waals surface area (Å²) < 4.78 is 6.65. The predicted molar refractivity (Wildman–Crippen MR) is 120 cm³/mol. The number of thiophene rings is 1. The van der Waals surface area contributed by atoms with Crippen molar-refractivity contribution in [2.75, 3.05) is 6.61 Å². The Hall–Kier alpha value is -3.20. The van der Waals surface area contributed by atoms with Crippen molar-refractivity contribution in [3.8, 4) is 11.5 Å². The molecule has 1 aliphatic carbocycles. The number of nitrogens with zero attached hydrogens (tertiary/aromatic N) is 3. The Bertz CT molecular complexity index is 1210. The molecule has 0 bridgehead atoms. The summed E-state index contributed by atoms with van der Waals surface area (Å²) in [5.41, 5.74) is 3.99. The monoisotopic (exact) mass is 440 g/mol. The molecule has 2 heterocycles. The quantitative estimate of drug-likeness (QED) is 0.453. The maximum absolute atomic E-state index is 13.0. The number of aromatic nitrogens is 2. The Morgan fingerprint density at radius 3 is 3.13 bits per heavy atom. The average Bonchev–Trinajstić information content (AvgIpc) is 3.11. The zero-order chi connectivity index (χ0) is 22.0. The van der Waals surface area contributed by atoms with Crippen LogP contribution in [-0.2, 0) is 24.2 Å². The molecule has 9 heteroatoms. The maximum Gasteiger partial charge on any atom is 0.262 e. The number of rotatable bonds is 6. The van der Waals surface area contributed by atoms with Gasteiger partial charge in [-0.15, -0.1) is 11.3 Å². The summed E-state index contributed by atoms with van der Waals surface area (Å²) in [4.78, 5) is 31.7. The van der Waals surface area contributed by atoms with Gasteiger partial charge in [-0.2, -0.15) is 5.10 Å². The van der Waals surface area contributed by atoms with Crippen LogP contribution in [0, 0.1) is 5.92 Å². The van der Waals surface area contributed by atoms with Crippen LogP contribution >= 0.6 is 11.3 Å². The van der Waals surface area contributed by atoms with E-state index in [9.17, 15) is 14.7 Å². The molecule has 31 heavy (non-hydrogen) atoms. The second-order valence-corrected chi connectivity index (χ2v) is 8.75. The first-order valence-corrected chi connectivity index (χ1v) is 11.0. The molecule has 162 valence electrons. The van der Waals surface area contributed by atoms with Gasteiger partial charge in [0, 0.05) is 4.88 Å². The zero-order valence-electron chi connectivity index (χ0n) is 17.4. The summed E-state index contributed by atoms with van der Waals surface area (Å²) >= 11 is 1.59. The minimum Gasteiger partial charge on any atom is -0.504 e. The number of fused-ring (bicyclic) bond motifs is 3. The highest BCUT2D eigenvalue weighted by molar-refractivity contribution is 7.18. The normalized spacial score (nSPS) is 15.9. The molecule has 1 aromatic carbocycles. The van der Waals surface area contributed by atoms with E-state index in [1.54, 1.807) is 23.5 Å². The van der Waals surface area contributed by atoms with E-state index in [0.717, 1.165) is 29.7 Å². The first-order chi connectivity index (χ1) is 15.0. The molecule has 1 atom stereocenters. The van der Waals surface area contributed by atoms with Gasteiger partial charge in [0.25, 0.3) is 11.5 Å². The summed E-state index contributed by atoms with van der Waals surface area (Å²) in [5, 5.41) is 14.3. The van der Waals surface area contributed by atoms with E-state index in [1.165, 1.54) is 28.1 Å². The lowest BCUT2D eigenvalue weighted by molar-refractivity contribution is -0.121. The number of amides is 1. The lowest BCUT2D eigenvalue weighted by Gasteiger charge is -2.17. The first kappa shape index (κ1) is 21.0. The third-order valence-corrected chi connectivity index (χ3v) is 6.45. The summed E-state index contributed by atoms with van der Waals surface area (Å²) in [6.45, 7) is 4.30. The Labute approximate surface area is 183 Å². The molecule has 0 saturated carbocycles. The molecule has 2 aromatic heterocycles. The average molecular weight is 441 g/mol. The number of aromatic hydroxyl groups is 1. The largest absolute Gasteiger partial charge is 0.504 e. The fourth-order valence-corrected chi connectivity index (χ4v) is 5.07. The molecule has 3 aromatic rings. The van der Waals surface area contributed by atoms with Gasteiger partial charge >= 0.3 is 0 Å². The van der Waals surface area contributed by atoms with Crippen molar-refractivity contribution in [2.45, 2.75) is 39.7 Å². The van der Waals surface area contributed by atoms with Crippen molar-refractivity contribution in [3.05, 3.63) is 50.9 Å². The van der Waals surface area contributed by atoms with Crippen molar-refractivity contribution in [1.82, 2.24) is 15.0 Å². The summed E-state index contributed by atoms with van der Waals surface area (Å²) in [5.74, 6) is 0.568. The molecule has 0 spiro atoms. The predicted octanol–water partition coefficient (Wildman–Crippen LogP) is 2.84. The van der Waals surface area contributed by atoms with Gasteiger partial charge in [0.1, 0.15) is 11.4 Å². The Morgan fingerprint density at radius 2 is 2.32 bits per heavy atom. The minimum absolute atomic E-state index is 0.0374. The highest BCUT2D eigenvalue weighted by Gasteiger charge is 2.23. The molecule has 4 rings (SSSR count). The van der Waals surface area contributed by atoms with Crippen LogP contribution in [0.4, 0.5) is 0 Å². The Balaban J connectivity index is 1.46. The smallest absolute Gasteiger partial charge is 0.262 e. The number of benzene rings is 1. The molecule has 1 aliphatic rings. The Morgan fingerprint density at radius 1 is 1.48 bits per heavy atom. The molecule has 0 saturated heterocycles. The van der Waals surface area contributed by atoms with Crippen molar-refractivity contribution < 1.29 is 14.6 Å².